The van der Waals surface area contributed by atoms with Gasteiger partial charge in [0.1, 0.15) is 11.6 Å². The second kappa shape index (κ2) is 9.09. The smallest absolute Gasteiger partial charge is 0.373 e. The van der Waals surface area contributed by atoms with Crippen LogP contribution in [0.15, 0.2) is 65.1 Å². The number of carbonyl (C=O) groups excluding carboxylic acids is 2. The molecule has 0 spiro atoms. The summed E-state index contributed by atoms with van der Waals surface area (Å²) in [5.41, 5.74) is 3.36. The summed E-state index contributed by atoms with van der Waals surface area (Å²) < 4.78 is 10.3. The van der Waals surface area contributed by atoms with E-state index in [1.807, 2.05) is 62.4 Å². The zero-order valence-corrected chi connectivity index (χ0v) is 18.3. The number of nitrogens with one attached hydrogen (secondary N) is 1. The number of para-hydroxylation sites is 2. The molecule has 2 heterocycles. The lowest BCUT2D eigenvalue weighted by molar-refractivity contribution is -0.119. The molecule has 0 aliphatic heterocycles. The molecule has 1 atom stereocenters. The number of methoxy groups -OCH3 is 1. The Hall–Kier alpha value is -3.87. The predicted molar refractivity (Wildman–Crippen MR) is 122 cm³/mol. The fraction of sp³-hybridized carbons (Fsp3) is 0.240. The average molecular weight is 431 g/mol. The van der Waals surface area contributed by atoms with Crippen LogP contribution < -0.4 is 4.90 Å². The minimum absolute atomic E-state index is 0.0270. The molecule has 1 N–H and O–H groups in total. The molecule has 0 aliphatic rings. The second-order valence-corrected chi connectivity index (χ2v) is 7.53. The summed E-state index contributed by atoms with van der Waals surface area (Å²) in [5.74, 6) is 0.926. The van der Waals surface area contributed by atoms with E-state index >= 15 is 0 Å². The van der Waals surface area contributed by atoms with E-state index in [0.717, 1.165) is 34.5 Å². The van der Waals surface area contributed by atoms with Gasteiger partial charge in [-0.15, -0.1) is 0 Å². The molecule has 0 bridgehead atoms. The number of nitrogens with zero attached hydrogens (tertiary/aromatic N) is 2. The Morgan fingerprint density at radius 3 is 2.53 bits per heavy atom. The van der Waals surface area contributed by atoms with E-state index in [1.165, 1.54) is 7.11 Å². The molecule has 164 valence electrons. The fourth-order valence-electron chi connectivity index (χ4n) is 3.70. The molecule has 1 amide bonds. The van der Waals surface area contributed by atoms with Crippen LogP contribution in [0.1, 0.15) is 49.1 Å². The van der Waals surface area contributed by atoms with E-state index in [4.69, 9.17) is 4.42 Å². The van der Waals surface area contributed by atoms with Crippen LogP contribution in [-0.2, 0) is 9.53 Å². The molecule has 2 aromatic heterocycles. The number of ether oxygens (including phenoxy) is 1. The van der Waals surface area contributed by atoms with Gasteiger partial charge in [0, 0.05) is 17.7 Å². The first-order chi connectivity index (χ1) is 15.5. The molecule has 0 saturated heterocycles. The summed E-state index contributed by atoms with van der Waals surface area (Å²) >= 11 is 0. The van der Waals surface area contributed by atoms with Crippen molar-refractivity contribution in [3.8, 4) is 11.3 Å². The van der Waals surface area contributed by atoms with Gasteiger partial charge in [0.25, 0.3) is 0 Å². The lowest BCUT2D eigenvalue weighted by Gasteiger charge is -2.28. The molecule has 0 saturated carbocycles. The highest BCUT2D eigenvalue weighted by Crippen LogP contribution is 2.31. The van der Waals surface area contributed by atoms with Gasteiger partial charge in [0.2, 0.25) is 11.7 Å². The Balaban J connectivity index is 1.65. The second-order valence-electron chi connectivity index (χ2n) is 7.53. The Kier molecular flexibility index (Phi) is 6.07. The number of anilines is 1. The van der Waals surface area contributed by atoms with Crippen molar-refractivity contribution in [2.24, 2.45) is 0 Å². The number of fused-ring (bicyclic) bond motifs is 1. The van der Waals surface area contributed by atoms with E-state index in [1.54, 1.807) is 17.0 Å². The molecule has 32 heavy (non-hydrogen) atoms. The highest BCUT2D eigenvalue weighted by atomic mass is 16.5. The zero-order chi connectivity index (χ0) is 22.7. The lowest BCUT2D eigenvalue weighted by atomic mass is 10.1. The van der Waals surface area contributed by atoms with E-state index < -0.39 is 5.97 Å². The van der Waals surface area contributed by atoms with Gasteiger partial charge in [-0.05, 0) is 61.9 Å². The van der Waals surface area contributed by atoms with Gasteiger partial charge in [-0.3, -0.25) is 4.79 Å². The minimum atomic E-state index is -0.524. The monoisotopic (exact) mass is 431 g/mol. The number of benzene rings is 2. The number of hydrogen-bond acceptors (Lipinski definition) is 5. The first-order valence-electron chi connectivity index (χ1n) is 10.6. The van der Waals surface area contributed by atoms with Crippen molar-refractivity contribution in [2.75, 3.05) is 12.0 Å². The van der Waals surface area contributed by atoms with Gasteiger partial charge in [-0.1, -0.05) is 19.1 Å². The molecule has 0 radical (unpaired) electrons. The van der Waals surface area contributed by atoms with Crippen molar-refractivity contribution in [1.29, 1.82) is 0 Å². The number of amides is 1. The van der Waals surface area contributed by atoms with Crippen LogP contribution in [0, 0.1) is 0 Å². The Bertz CT molecular complexity index is 1210. The highest BCUT2D eigenvalue weighted by Gasteiger charge is 2.25. The summed E-state index contributed by atoms with van der Waals surface area (Å²) in [6, 6.07) is 18.3. The average Bonchev–Trinajstić information content (AvgIpc) is 3.47. The van der Waals surface area contributed by atoms with Crippen molar-refractivity contribution in [1.82, 2.24) is 9.97 Å². The van der Waals surface area contributed by atoms with Gasteiger partial charge in [0.15, 0.2) is 0 Å². The number of furan rings is 1. The molecule has 1 unspecified atom stereocenters. The summed E-state index contributed by atoms with van der Waals surface area (Å²) in [4.78, 5) is 34.5. The number of aromatic amines is 1. The predicted octanol–water partition coefficient (Wildman–Crippen LogP) is 5.50. The summed E-state index contributed by atoms with van der Waals surface area (Å²) in [7, 11) is 1.31. The molecular weight excluding hydrogens is 406 g/mol. The van der Waals surface area contributed by atoms with Crippen LogP contribution >= 0.6 is 0 Å². The van der Waals surface area contributed by atoms with Crippen LogP contribution in [0.2, 0.25) is 0 Å². The fourth-order valence-corrected chi connectivity index (χ4v) is 3.70. The topological polar surface area (TPSA) is 88.4 Å². The van der Waals surface area contributed by atoms with Crippen molar-refractivity contribution in [2.45, 2.75) is 32.7 Å². The molecular formula is C25H25N3O4. The highest BCUT2D eigenvalue weighted by molar-refractivity contribution is 5.94. The number of imidazole rings is 1. The number of carbonyl (C=O) groups is 2. The number of rotatable bonds is 7. The SMILES string of the molecule is CCCC(=O)N(c1ccc(-c2ccc(C(=O)OC)o2)cc1)C(C)c1nc2ccccc2[nH]1. The number of H-pyrrole nitrogens is 1. The maximum absolute atomic E-state index is 13.1. The maximum atomic E-state index is 13.1. The Morgan fingerprint density at radius 2 is 1.84 bits per heavy atom. The maximum Gasteiger partial charge on any atom is 0.373 e. The van der Waals surface area contributed by atoms with Crippen LogP contribution in [0.4, 0.5) is 5.69 Å². The summed E-state index contributed by atoms with van der Waals surface area (Å²) in [5, 5.41) is 0. The van der Waals surface area contributed by atoms with E-state index in [2.05, 4.69) is 14.7 Å². The molecule has 7 nitrogen and oxygen atoms in total. The summed E-state index contributed by atoms with van der Waals surface area (Å²) in [6.45, 7) is 3.95. The molecule has 7 heteroatoms. The first-order valence-corrected chi connectivity index (χ1v) is 10.6. The van der Waals surface area contributed by atoms with Crippen LogP contribution in [-0.4, -0.2) is 29.0 Å². The summed E-state index contributed by atoms with van der Waals surface area (Å²) in [6.07, 6.45) is 1.19. The van der Waals surface area contributed by atoms with Crippen molar-refractivity contribution >= 4 is 28.6 Å². The molecule has 0 aliphatic carbocycles. The van der Waals surface area contributed by atoms with Crippen molar-refractivity contribution < 1.29 is 18.7 Å². The van der Waals surface area contributed by atoms with Gasteiger partial charge in [0.05, 0.1) is 24.2 Å². The number of aromatic nitrogens is 2. The van der Waals surface area contributed by atoms with Crippen molar-refractivity contribution in [3.05, 3.63) is 72.2 Å². The van der Waals surface area contributed by atoms with Crippen LogP contribution in [0.5, 0.6) is 0 Å². The largest absolute Gasteiger partial charge is 0.463 e. The van der Waals surface area contributed by atoms with Gasteiger partial charge in [-0.2, -0.15) is 0 Å². The Morgan fingerprint density at radius 1 is 1.09 bits per heavy atom. The van der Waals surface area contributed by atoms with Crippen molar-refractivity contribution in [3.63, 3.8) is 0 Å². The van der Waals surface area contributed by atoms with Crippen LogP contribution in [0.25, 0.3) is 22.4 Å². The quantitative estimate of drug-likeness (QED) is 0.390. The third-order valence-electron chi connectivity index (χ3n) is 5.35. The molecule has 2 aromatic carbocycles. The standard InChI is InChI=1S/C25H25N3O4/c1-4-7-23(29)28(16(2)24-26-19-8-5-6-9-20(19)27-24)18-12-10-17(11-13-18)21-14-15-22(32-21)25(30)31-3/h5-6,8-16H,4,7H2,1-3H3,(H,26,27). The van der Waals surface area contributed by atoms with Gasteiger partial charge >= 0.3 is 5.97 Å². The first kappa shape index (κ1) is 21.4. The molecule has 0 fully saturated rings. The third kappa shape index (κ3) is 4.14. The normalized spacial score (nSPS) is 12.0. The third-order valence-corrected chi connectivity index (χ3v) is 5.35. The molecule has 4 aromatic rings. The number of hydrogen-bond donors (Lipinski definition) is 1. The van der Waals surface area contributed by atoms with E-state index in [-0.39, 0.29) is 17.7 Å². The van der Waals surface area contributed by atoms with E-state index in [0.29, 0.717) is 12.2 Å². The zero-order valence-electron chi connectivity index (χ0n) is 18.3. The minimum Gasteiger partial charge on any atom is -0.463 e. The van der Waals surface area contributed by atoms with Gasteiger partial charge < -0.3 is 19.0 Å². The van der Waals surface area contributed by atoms with Crippen LogP contribution in [0.3, 0.4) is 0 Å². The van der Waals surface area contributed by atoms with E-state index in [9.17, 15) is 9.59 Å². The number of esters is 1. The Labute approximate surface area is 186 Å². The lowest BCUT2D eigenvalue weighted by Crippen LogP contribution is -2.33. The van der Waals surface area contributed by atoms with Gasteiger partial charge in [-0.25, -0.2) is 9.78 Å². The molecule has 4 rings (SSSR count).